The molecular formula is C33H42ClN7O3. The Kier molecular flexibility index (Phi) is 10.3. The summed E-state index contributed by atoms with van der Waals surface area (Å²) in [6, 6.07) is 17.0. The minimum atomic E-state index is -0.510. The molecule has 6 rings (SSSR count). The van der Waals surface area contributed by atoms with E-state index in [1.54, 1.807) is 4.90 Å². The second-order valence-corrected chi connectivity index (χ2v) is 11.9. The number of amides is 3. The number of hydrogen-bond donors (Lipinski definition) is 2. The van der Waals surface area contributed by atoms with Crippen molar-refractivity contribution in [2.75, 3.05) is 19.6 Å². The van der Waals surface area contributed by atoms with E-state index in [4.69, 9.17) is 10.1 Å². The molecule has 10 nitrogen and oxygen atoms in total. The Labute approximate surface area is 265 Å². The molecule has 0 unspecified atom stereocenters. The first-order valence-corrected chi connectivity index (χ1v) is 15.6. The smallest absolute Gasteiger partial charge is 0.243 e. The number of rotatable bonds is 3. The van der Waals surface area contributed by atoms with Gasteiger partial charge >= 0.3 is 0 Å². The summed E-state index contributed by atoms with van der Waals surface area (Å²) in [4.78, 5) is 49.6. The monoisotopic (exact) mass is 619 g/mol. The molecule has 3 aliphatic heterocycles. The van der Waals surface area contributed by atoms with Crippen LogP contribution in [0.1, 0.15) is 66.5 Å². The molecule has 0 spiro atoms. The summed E-state index contributed by atoms with van der Waals surface area (Å²) in [5, 5.41) is 11.4. The minimum absolute atomic E-state index is 0. The van der Waals surface area contributed by atoms with E-state index in [2.05, 4.69) is 22.8 Å². The van der Waals surface area contributed by atoms with Crippen molar-refractivity contribution in [2.45, 2.75) is 83.1 Å². The van der Waals surface area contributed by atoms with Gasteiger partial charge < -0.3 is 20.4 Å². The van der Waals surface area contributed by atoms with Crippen LogP contribution in [0.25, 0.3) is 0 Å². The van der Waals surface area contributed by atoms with Gasteiger partial charge in [-0.3, -0.25) is 14.4 Å². The second-order valence-electron chi connectivity index (χ2n) is 11.9. The molecule has 1 saturated heterocycles. The number of carbonyl (C=O) groups is 3. The van der Waals surface area contributed by atoms with Crippen LogP contribution >= 0.6 is 12.4 Å². The van der Waals surface area contributed by atoms with E-state index in [0.29, 0.717) is 76.5 Å². The van der Waals surface area contributed by atoms with Gasteiger partial charge in [-0.25, -0.2) is 9.67 Å². The fraction of sp³-hybridized carbons (Fsp3) is 0.485. The molecule has 3 amide bonds. The van der Waals surface area contributed by atoms with Gasteiger partial charge in [0.2, 0.25) is 17.7 Å². The first kappa shape index (κ1) is 31.7. The maximum atomic E-state index is 13.9. The molecule has 0 saturated carbocycles. The van der Waals surface area contributed by atoms with Gasteiger partial charge in [0, 0.05) is 32.6 Å². The van der Waals surface area contributed by atoms with Crippen molar-refractivity contribution < 1.29 is 14.4 Å². The molecule has 44 heavy (non-hydrogen) atoms. The number of carbonyl (C=O) groups excluding carboxylic acids is 3. The number of aromatic nitrogens is 3. The van der Waals surface area contributed by atoms with Crippen LogP contribution in [-0.2, 0) is 40.3 Å². The molecule has 1 aromatic heterocycles. The molecule has 2 aromatic carbocycles. The molecule has 3 aromatic rings. The molecule has 11 heteroatoms. The van der Waals surface area contributed by atoms with Crippen LogP contribution in [0, 0.1) is 6.92 Å². The van der Waals surface area contributed by atoms with Crippen molar-refractivity contribution in [1.29, 1.82) is 0 Å². The number of halogens is 1. The third-order valence-electron chi connectivity index (χ3n) is 8.93. The number of fused-ring (bicyclic) bond motifs is 3. The number of piperidine rings is 1. The molecule has 0 radical (unpaired) electrons. The lowest BCUT2D eigenvalue weighted by Gasteiger charge is -2.36. The van der Waals surface area contributed by atoms with Gasteiger partial charge in [-0.05, 0) is 62.1 Å². The minimum Gasteiger partial charge on any atom is -0.344 e. The molecule has 3 aliphatic rings. The Morgan fingerprint density at radius 2 is 1.70 bits per heavy atom. The third kappa shape index (κ3) is 7.13. The fourth-order valence-corrected chi connectivity index (χ4v) is 6.68. The highest BCUT2D eigenvalue weighted by Crippen LogP contribution is 2.24. The Hall–Kier alpha value is -3.76. The van der Waals surface area contributed by atoms with Crippen LogP contribution in [0.2, 0.25) is 0 Å². The van der Waals surface area contributed by atoms with E-state index in [9.17, 15) is 14.4 Å². The first-order valence-electron chi connectivity index (χ1n) is 15.6. The van der Waals surface area contributed by atoms with Crippen LogP contribution < -0.4 is 10.6 Å². The van der Waals surface area contributed by atoms with E-state index in [-0.39, 0.29) is 36.2 Å². The quantitative estimate of drug-likeness (QED) is 0.466. The predicted octanol–water partition coefficient (Wildman–Crippen LogP) is 3.13. The Morgan fingerprint density at radius 3 is 2.52 bits per heavy atom. The molecule has 4 heterocycles. The normalized spacial score (nSPS) is 22.9. The molecule has 1 fully saturated rings. The standard InChI is InChI=1S/C33H41N7O3.ClH/c1-23-35-31-27(20-24-10-3-2-4-11-24)36-32(42)29-14-7-8-17-39(29)30(41)15-9-16-38(18-19-40(31)37-23)33(43)28-21-25-12-5-6-13-26(25)22-34-28;/h2-6,10-13,27-29,34H,7-9,14-22H2,1H3,(H,36,42);1H/t27-,28-,29+;/m1./s1. The largest absolute Gasteiger partial charge is 0.344 e. The van der Waals surface area contributed by atoms with Gasteiger partial charge in [-0.2, -0.15) is 5.10 Å². The van der Waals surface area contributed by atoms with Crippen LogP contribution in [0.5, 0.6) is 0 Å². The summed E-state index contributed by atoms with van der Waals surface area (Å²) >= 11 is 0. The number of aryl methyl sites for hydroxylation is 1. The SMILES string of the molecule is Cc1nc2n(n1)CCN(C(=O)[C@H]1Cc3ccccc3CN1)CCCC(=O)N1CCCC[C@H]1C(=O)N[C@@H]2Cc1ccccc1.Cl. The van der Waals surface area contributed by atoms with Gasteiger partial charge in [0.05, 0.1) is 18.6 Å². The molecule has 2 N–H and O–H groups in total. The summed E-state index contributed by atoms with van der Waals surface area (Å²) in [6.07, 6.45) is 4.45. The Bertz CT molecular complexity index is 1460. The molecule has 3 atom stereocenters. The summed E-state index contributed by atoms with van der Waals surface area (Å²) in [7, 11) is 0. The van der Waals surface area contributed by atoms with E-state index < -0.39 is 12.1 Å². The second kappa shape index (κ2) is 14.3. The lowest BCUT2D eigenvalue weighted by molar-refractivity contribution is -0.143. The fourth-order valence-electron chi connectivity index (χ4n) is 6.68. The number of benzene rings is 2. The number of nitrogens with zero attached hydrogens (tertiary/aromatic N) is 5. The van der Waals surface area contributed by atoms with E-state index in [1.807, 2.05) is 59.0 Å². The molecule has 0 bridgehead atoms. The van der Waals surface area contributed by atoms with Crippen molar-refractivity contribution in [3.05, 3.63) is 82.9 Å². The van der Waals surface area contributed by atoms with Crippen molar-refractivity contribution in [3.63, 3.8) is 0 Å². The van der Waals surface area contributed by atoms with Gasteiger partial charge in [-0.15, -0.1) is 12.4 Å². The molecule has 0 aliphatic carbocycles. The summed E-state index contributed by atoms with van der Waals surface area (Å²) in [5.74, 6) is 1.16. The highest BCUT2D eigenvalue weighted by Gasteiger charge is 2.35. The van der Waals surface area contributed by atoms with Gasteiger partial charge in [0.25, 0.3) is 0 Å². The first-order chi connectivity index (χ1) is 21.0. The van der Waals surface area contributed by atoms with Crippen LogP contribution in [0.3, 0.4) is 0 Å². The predicted molar refractivity (Wildman–Crippen MR) is 169 cm³/mol. The highest BCUT2D eigenvalue weighted by atomic mass is 35.5. The zero-order valence-corrected chi connectivity index (χ0v) is 26.1. The Balaban J connectivity index is 0.00000384. The summed E-state index contributed by atoms with van der Waals surface area (Å²) < 4.78 is 1.85. The lowest BCUT2D eigenvalue weighted by atomic mass is 9.95. The number of hydrogen-bond acceptors (Lipinski definition) is 6. The zero-order valence-electron chi connectivity index (χ0n) is 25.3. The van der Waals surface area contributed by atoms with Crippen LogP contribution in [0.15, 0.2) is 54.6 Å². The topological polar surface area (TPSA) is 112 Å². The maximum Gasteiger partial charge on any atom is 0.243 e. The lowest BCUT2D eigenvalue weighted by Crippen LogP contribution is -2.53. The number of nitrogens with one attached hydrogen (secondary N) is 2. The zero-order chi connectivity index (χ0) is 29.8. The highest BCUT2D eigenvalue weighted by molar-refractivity contribution is 5.88. The summed E-state index contributed by atoms with van der Waals surface area (Å²) in [5.41, 5.74) is 3.49. The van der Waals surface area contributed by atoms with Gasteiger partial charge in [0.15, 0.2) is 0 Å². The maximum absolute atomic E-state index is 13.9. The van der Waals surface area contributed by atoms with Crippen molar-refractivity contribution in [1.82, 2.24) is 35.2 Å². The molecule has 234 valence electrons. The third-order valence-corrected chi connectivity index (χ3v) is 8.93. The van der Waals surface area contributed by atoms with E-state index in [0.717, 1.165) is 18.4 Å². The van der Waals surface area contributed by atoms with E-state index >= 15 is 0 Å². The van der Waals surface area contributed by atoms with Crippen molar-refractivity contribution in [3.8, 4) is 0 Å². The van der Waals surface area contributed by atoms with Crippen molar-refractivity contribution in [2.24, 2.45) is 0 Å². The van der Waals surface area contributed by atoms with Gasteiger partial charge in [0.1, 0.15) is 17.7 Å². The van der Waals surface area contributed by atoms with Crippen molar-refractivity contribution >= 4 is 30.1 Å². The summed E-state index contributed by atoms with van der Waals surface area (Å²) in [6.45, 7) is 4.41. The molecular weight excluding hydrogens is 578 g/mol. The van der Waals surface area contributed by atoms with E-state index in [1.165, 1.54) is 11.1 Å². The average molecular weight is 620 g/mol. The van der Waals surface area contributed by atoms with Gasteiger partial charge in [-0.1, -0.05) is 54.6 Å². The van der Waals surface area contributed by atoms with Crippen LogP contribution in [0.4, 0.5) is 0 Å². The van der Waals surface area contributed by atoms with Crippen LogP contribution in [-0.4, -0.2) is 74.0 Å². The average Bonchev–Trinajstić information content (AvgIpc) is 3.41. The Morgan fingerprint density at radius 1 is 0.932 bits per heavy atom.